The molecule has 0 N–H and O–H groups in total. The lowest BCUT2D eigenvalue weighted by Crippen LogP contribution is -2.08. The predicted molar refractivity (Wildman–Crippen MR) is 77.8 cm³/mol. The Morgan fingerprint density at radius 3 is 1.38 bits per heavy atom. The van der Waals surface area contributed by atoms with Crippen LogP contribution in [0.25, 0.3) is 0 Å². The van der Waals surface area contributed by atoms with Gasteiger partial charge in [0.1, 0.15) is 0 Å². The van der Waals surface area contributed by atoms with E-state index in [2.05, 4.69) is 75.3 Å². The maximum atomic E-state index is 2.28. The lowest BCUT2D eigenvalue weighted by atomic mass is 9.86. The van der Waals surface area contributed by atoms with Crippen LogP contribution in [-0.4, -0.2) is 0 Å². The van der Waals surface area contributed by atoms with Gasteiger partial charge in [-0.1, -0.05) is 67.0 Å². The number of hydrogen-bond acceptors (Lipinski definition) is 0. The number of hydrogen-bond donors (Lipinski definition) is 0. The van der Waals surface area contributed by atoms with Crippen LogP contribution in [0.15, 0.2) is 11.6 Å². The summed E-state index contributed by atoms with van der Waals surface area (Å²) in [4.78, 5) is 0. The molecule has 0 fully saturated rings. The molecule has 0 atom stereocenters. The van der Waals surface area contributed by atoms with Crippen LogP contribution < -0.4 is 0 Å². The molecule has 0 aliphatic rings. The first-order valence-electron chi connectivity index (χ1n) is 6.53. The Labute approximate surface area is 105 Å². The SMILES string of the molecule is C/C=C(\C)C(C)(C)C.CC(C)CC(C)(C)C. The van der Waals surface area contributed by atoms with Gasteiger partial charge in [-0.25, -0.2) is 0 Å². The second kappa shape index (κ2) is 7.14. The Morgan fingerprint density at radius 1 is 1.00 bits per heavy atom. The zero-order valence-electron chi connectivity index (χ0n) is 13.4. The zero-order chi connectivity index (χ0) is 13.6. The van der Waals surface area contributed by atoms with Gasteiger partial charge in [0.05, 0.1) is 0 Å². The molecule has 0 radical (unpaired) electrons. The molecule has 0 aliphatic heterocycles. The third kappa shape index (κ3) is 13.7. The minimum atomic E-state index is 0.370. The first-order valence-corrected chi connectivity index (χ1v) is 6.53. The van der Waals surface area contributed by atoms with Gasteiger partial charge in [0.15, 0.2) is 0 Å². The van der Waals surface area contributed by atoms with Crippen molar-refractivity contribution in [1.82, 2.24) is 0 Å². The van der Waals surface area contributed by atoms with Crippen LogP contribution in [0.4, 0.5) is 0 Å². The minimum absolute atomic E-state index is 0.370. The summed E-state index contributed by atoms with van der Waals surface area (Å²) in [5.74, 6) is 0.843. The second-order valence-corrected chi connectivity index (χ2v) is 7.38. The van der Waals surface area contributed by atoms with Gasteiger partial charge in [0.2, 0.25) is 0 Å². The zero-order valence-corrected chi connectivity index (χ0v) is 13.4. The van der Waals surface area contributed by atoms with Crippen molar-refractivity contribution in [1.29, 1.82) is 0 Å². The molecule has 0 bridgehead atoms. The average Bonchev–Trinajstić information content (AvgIpc) is 1.97. The summed E-state index contributed by atoms with van der Waals surface area (Å²) in [6.45, 7) is 22.3. The fraction of sp³-hybridized carbons (Fsp3) is 0.875. The van der Waals surface area contributed by atoms with Gasteiger partial charge in [-0.3, -0.25) is 0 Å². The first kappa shape index (κ1) is 18.1. The van der Waals surface area contributed by atoms with E-state index in [1.165, 1.54) is 12.0 Å². The van der Waals surface area contributed by atoms with Crippen molar-refractivity contribution in [2.75, 3.05) is 0 Å². The molecular formula is C16H34. The smallest absolute Gasteiger partial charge is 0.0176 e. The summed E-state index contributed by atoms with van der Waals surface area (Å²) < 4.78 is 0. The fourth-order valence-corrected chi connectivity index (χ4v) is 1.66. The number of allylic oxidation sites excluding steroid dienone is 2. The van der Waals surface area contributed by atoms with Crippen molar-refractivity contribution < 1.29 is 0 Å². The summed E-state index contributed by atoms with van der Waals surface area (Å²) >= 11 is 0. The van der Waals surface area contributed by atoms with Crippen molar-refractivity contribution in [3.63, 3.8) is 0 Å². The highest BCUT2D eigenvalue weighted by atomic mass is 14.2. The van der Waals surface area contributed by atoms with Crippen LogP contribution in [0.1, 0.15) is 75.7 Å². The molecule has 0 saturated carbocycles. The van der Waals surface area contributed by atoms with Crippen LogP contribution in [0.3, 0.4) is 0 Å². The largest absolute Gasteiger partial charge is 0.0882 e. The van der Waals surface area contributed by atoms with Crippen LogP contribution >= 0.6 is 0 Å². The quantitative estimate of drug-likeness (QED) is 0.475. The highest BCUT2D eigenvalue weighted by molar-refractivity contribution is 5.05. The van der Waals surface area contributed by atoms with Crippen molar-refractivity contribution in [3.05, 3.63) is 11.6 Å². The van der Waals surface area contributed by atoms with Crippen molar-refractivity contribution in [2.45, 2.75) is 75.7 Å². The van der Waals surface area contributed by atoms with E-state index >= 15 is 0 Å². The maximum absolute atomic E-state index is 2.28. The van der Waals surface area contributed by atoms with Crippen molar-refractivity contribution in [2.24, 2.45) is 16.7 Å². The third-order valence-electron chi connectivity index (χ3n) is 2.64. The molecule has 0 nitrogen and oxygen atoms in total. The highest BCUT2D eigenvalue weighted by Crippen LogP contribution is 2.23. The van der Waals surface area contributed by atoms with E-state index in [9.17, 15) is 0 Å². The van der Waals surface area contributed by atoms with Gasteiger partial charge in [-0.15, -0.1) is 0 Å². The highest BCUT2D eigenvalue weighted by Gasteiger charge is 2.11. The Bertz CT molecular complexity index is 193. The summed E-state index contributed by atoms with van der Waals surface area (Å²) in [7, 11) is 0. The molecule has 16 heavy (non-hydrogen) atoms. The molecule has 0 saturated heterocycles. The summed E-state index contributed by atoms with van der Waals surface area (Å²) in [6, 6.07) is 0. The summed E-state index contributed by atoms with van der Waals surface area (Å²) in [5.41, 5.74) is 2.35. The molecule has 0 heteroatoms. The second-order valence-electron chi connectivity index (χ2n) is 7.38. The minimum Gasteiger partial charge on any atom is -0.0882 e. The maximum Gasteiger partial charge on any atom is -0.0176 e. The lowest BCUT2D eigenvalue weighted by molar-refractivity contribution is 0.320. The van der Waals surface area contributed by atoms with Crippen molar-refractivity contribution in [3.8, 4) is 0 Å². The third-order valence-corrected chi connectivity index (χ3v) is 2.64. The molecule has 0 aromatic rings. The van der Waals surface area contributed by atoms with Crippen molar-refractivity contribution >= 4 is 0 Å². The van der Waals surface area contributed by atoms with Crippen LogP contribution in [0.5, 0.6) is 0 Å². The fourth-order valence-electron chi connectivity index (χ4n) is 1.66. The van der Waals surface area contributed by atoms with Gasteiger partial charge < -0.3 is 0 Å². The Kier molecular flexibility index (Phi) is 8.09. The Morgan fingerprint density at radius 2 is 1.38 bits per heavy atom. The molecule has 0 amide bonds. The van der Waals surface area contributed by atoms with Crippen LogP contribution in [0, 0.1) is 16.7 Å². The van der Waals surface area contributed by atoms with Gasteiger partial charge in [-0.2, -0.15) is 0 Å². The normalized spacial score (nSPS) is 13.6. The first-order chi connectivity index (χ1) is 6.90. The Hall–Kier alpha value is -0.260. The average molecular weight is 226 g/mol. The molecule has 0 unspecified atom stereocenters. The molecule has 0 aromatic carbocycles. The molecular weight excluding hydrogens is 192 g/mol. The van der Waals surface area contributed by atoms with E-state index in [1.54, 1.807) is 0 Å². The van der Waals surface area contributed by atoms with Gasteiger partial charge >= 0.3 is 0 Å². The van der Waals surface area contributed by atoms with Crippen LogP contribution in [0.2, 0.25) is 0 Å². The lowest BCUT2D eigenvalue weighted by Gasteiger charge is -2.19. The molecule has 0 heterocycles. The molecule has 98 valence electrons. The predicted octanol–water partition coefficient (Wildman–Crippen LogP) is 6.08. The monoisotopic (exact) mass is 226 g/mol. The van der Waals surface area contributed by atoms with E-state index in [0.29, 0.717) is 10.8 Å². The van der Waals surface area contributed by atoms with Gasteiger partial charge in [0.25, 0.3) is 0 Å². The summed E-state index contributed by atoms with van der Waals surface area (Å²) in [5, 5.41) is 0. The topological polar surface area (TPSA) is 0 Å². The van der Waals surface area contributed by atoms with E-state index in [0.717, 1.165) is 5.92 Å². The molecule has 0 rings (SSSR count). The molecule has 0 aliphatic carbocycles. The molecule has 0 spiro atoms. The number of rotatable bonds is 1. The van der Waals surface area contributed by atoms with E-state index in [-0.39, 0.29) is 0 Å². The Balaban J connectivity index is 0. The van der Waals surface area contributed by atoms with Gasteiger partial charge in [-0.05, 0) is 37.0 Å². The molecule has 0 aromatic heterocycles. The standard InChI is InChI=1S/C8H18.C8H16/c1-7(2)6-8(3,4)5;1-6-7(2)8(3,4)5/h7H,6H2,1-5H3;6H,1-5H3/b;7-6+. The van der Waals surface area contributed by atoms with E-state index in [1.807, 2.05) is 0 Å². The van der Waals surface area contributed by atoms with Crippen LogP contribution in [-0.2, 0) is 0 Å². The summed E-state index contributed by atoms with van der Waals surface area (Å²) in [6.07, 6.45) is 3.49. The van der Waals surface area contributed by atoms with E-state index in [4.69, 9.17) is 0 Å². The van der Waals surface area contributed by atoms with Gasteiger partial charge in [0, 0.05) is 0 Å². The van der Waals surface area contributed by atoms with E-state index < -0.39 is 0 Å².